The van der Waals surface area contributed by atoms with Gasteiger partial charge in [-0.05, 0) is 37.8 Å². The molecule has 0 aromatic carbocycles. The van der Waals surface area contributed by atoms with Crippen molar-refractivity contribution in [3.63, 3.8) is 0 Å². The van der Waals surface area contributed by atoms with E-state index in [-0.39, 0.29) is 6.04 Å². The Morgan fingerprint density at radius 2 is 2.19 bits per heavy atom. The number of fused-ring (bicyclic) bond motifs is 1. The number of ether oxygens (including phenoxy) is 2. The average Bonchev–Trinajstić information content (AvgIpc) is 2.94. The van der Waals surface area contributed by atoms with Crippen LogP contribution >= 0.6 is 0 Å². The molecular formula is C16H23N3O2. The first-order valence-corrected chi connectivity index (χ1v) is 7.38. The van der Waals surface area contributed by atoms with Gasteiger partial charge < -0.3 is 14.4 Å². The Morgan fingerprint density at radius 1 is 1.38 bits per heavy atom. The molecule has 1 aromatic heterocycles. The SMILES string of the molecule is COCCN(c1nc2c(cc1C#N)CCC2)C(C)COC. The number of aryl methyl sites for hydroxylation is 2. The van der Waals surface area contributed by atoms with E-state index in [9.17, 15) is 5.26 Å². The molecule has 0 radical (unpaired) electrons. The highest BCUT2D eigenvalue weighted by Crippen LogP contribution is 2.28. The molecule has 5 nitrogen and oxygen atoms in total. The minimum atomic E-state index is 0.143. The number of aromatic nitrogens is 1. The summed E-state index contributed by atoms with van der Waals surface area (Å²) in [6.07, 6.45) is 3.16. The summed E-state index contributed by atoms with van der Waals surface area (Å²) in [5.41, 5.74) is 3.01. The summed E-state index contributed by atoms with van der Waals surface area (Å²) in [4.78, 5) is 6.89. The van der Waals surface area contributed by atoms with Gasteiger partial charge in [-0.2, -0.15) is 5.26 Å². The van der Waals surface area contributed by atoms with Crippen molar-refractivity contribution >= 4 is 5.82 Å². The molecule has 1 heterocycles. The molecular weight excluding hydrogens is 266 g/mol. The molecule has 1 aromatic rings. The third-order valence-electron chi connectivity index (χ3n) is 3.90. The van der Waals surface area contributed by atoms with E-state index in [2.05, 4.69) is 17.9 Å². The largest absolute Gasteiger partial charge is 0.383 e. The fourth-order valence-corrected chi connectivity index (χ4v) is 2.82. The molecule has 1 aliphatic rings. The van der Waals surface area contributed by atoms with Crippen molar-refractivity contribution in [3.8, 4) is 6.07 Å². The van der Waals surface area contributed by atoms with E-state index in [4.69, 9.17) is 14.5 Å². The van der Waals surface area contributed by atoms with Gasteiger partial charge in [0.1, 0.15) is 11.9 Å². The smallest absolute Gasteiger partial charge is 0.147 e. The Hall–Kier alpha value is -1.64. The van der Waals surface area contributed by atoms with Crippen LogP contribution < -0.4 is 4.90 Å². The zero-order valence-electron chi connectivity index (χ0n) is 13.1. The van der Waals surface area contributed by atoms with E-state index in [1.165, 1.54) is 5.56 Å². The first kappa shape index (κ1) is 15.7. The van der Waals surface area contributed by atoms with Gasteiger partial charge in [0.25, 0.3) is 0 Å². The van der Waals surface area contributed by atoms with Crippen molar-refractivity contribution in [1.29, 1.82) is 5.26 Å². The summed E-state index contributed by atoms with van der Waals surface area (Å²) in [7, 11) is 3.37. The van der Waals surface area contributed by atoms with Crippen molar-refractivity contribution < 1.29 is 9.47 Å². The fourth-order valence-electron chi connectivity index (χ4n) is 2.82. The second-order valence-electron chi connectivity index (χ2n) is 5.42. The summed E-state index contributed by atoms with van der Waals surface area (Å²) in [5, 5.41) is 9.46. The second-order valence-corrected chi connectivity index (χ2v) is 5.42. The molecule has 0 amide bonds. The van der Waals surface area contributed by atoms with Gasteiger partial charge in [-0.3, -0.25) is 0 Å². The summed E-state index contributed by atoms with van der Waals surface area (Å²) in [6, 6.07) is 4.44. The van der Waals surface area contributed by atoms with Gasteiger partial charge >= 0.3 is 0 Å². The molecule has 0 fully saturated rings. The van der Waals surface area contributed by atoms with Gasteiger partial charge in [0.2, 0.25) is 0 Å². The Balaban J connectivity index is 2.36. The first-order valence-electron chi connectivity index (χ1n) is 7.38. The van der Waals surface area contributed by atoms with Crippen LogP contribution in [0.15, 0.2) is 6.07 Å². The molecule has 0 spiro atoms. The van der Waals surface area contributed by atoms with Crippen LogP contribution in [0, 0.1) is 11.3 Å². The molecule has 1 aliphatic carbocycles. The summed E-state index contributed by atoms with van der Waals surface area (Å²) >= 11 is 0. The number of nitriles is 1. The Morgan fingerprint density at radius 3 is 2.86 bits per heavy atom. The van der Waals surface area contributed by atoms with Crippen molar-refractivity contribution in [2.24, 2.45) is 0 Å². The molecule has 0 bridgehead atoms. The molecule has 0 aliphatic heterocycles. The lowest BCUT2D eigenvalue weighted by Crippen LogP contribution is -2.40. The van der Waals surface area contributed by atoms with Crippen LogP contribution in [0.1, 0.15) is 30.2 Å². The van der Waals surface area contributed by atoms with Crippen LogP contribution in [0.5, 0.6) is 0 Å². The number of methoxy groups -OCH3 is 2. The van der Waals surface area contributed by atoms with Gasteiger partial charge in [-0.1, -0.05) is 0 Å². The highest BCUT2D eigenvalue weighted by Gasteiger charge is 2.23. The zero-order valence-corrected chi connectivity index (χ0v) is 13.1. The molecule has 114 valence electrons. The van der Waals surface area contributed by atoms with E-state index in [1.54, 1.807) is 14.2 Å². The Labute approximate surface area is 126 Å². The van der Waals surface area contributed by atoms with Gasteiger partial charge in [0.05, 0.1) is 24.8 Å². The molecule has 2 rings (SSSR count). The fraction of sp³-hybridized carbons (Fsp3) is 0.625. The summed E-state index contributed by atoms with van der Waals surface area (Å²) in [5.74, 6) is 0.764. The lowest BCUT2D eigenvalue weighted by Gasteiger charge is -2.30. The maximum atomic E-state index is 9.46. The Bertz CT molecular complexity index is 525. The molecule has 0 saturated heterocycles. The van der Waals surface area contributed by atoms with Crippen LogP contribution in [-0.2, 0) is 22.3 Å². The van der Waals surface area contributed by atoms with E-state index in [0.29, 0.717) is 25.3 Å². The predicted octanol–water partition coefficient (Wildman–Crippen LogP) is 1.93. The van der Waals surface area contributed by atoms with Crippen LogP contribution in [0.3, 0.4) is 0 Å². The van der Waals surface area contributed by atoms with Crippen LogP contribution in [0.25, 0.3) is 0 Å². The van der Waals surface area contributed by atoms with Crippen LogP contribution in [-0.4, -0.2) is 45.0 Å². The minimum absolute atomic E-state index is 0.143. The first-order chi connectivity index (χ1) is 10.2. The monoisotopic (exact) mass is 289 g/mol. The quantitative estimate of drug-likeness (QED) is 0.767. The van der Waals surface area contributed by atoms with Crippen molar-refractivity contribution in [2.45, 2.75) is 32.2 Å². The molecule has 0 saturated carbocycles. The van der Waals surface area contributed by atoms with E-state index >= 15 is 0 Å². The molecule has 21 heavy (non-hydrogen) atoms. The van der Waals surface area contributed by atoms with Crippen molar-refractivity contribution in [2.75, 3.05) is 38.9 Å². The van der Waals surface area contributed by atoms with Gasteiger partial charge in [-0.15, -0.1) is 0 Å². The number of rotatable bonds is 7. The van der Waals surface area contributed by atoms with E-state index in [0.717, 1.165) is 30.8 Å². The molecule has 0 N–H and O–H groups in total. The van der Waals surface area contributed by atoms with Crippen molar-refractivity contribution in [3.05, 3.63) is 22.9 Å². The van der Waals surface area contributed by atoms with Crippen LogP contribution in [0.2, 0.25) is 0 Å². The third-order valence-corrected chi connectivity index (χ3v) is 3.90. The van der Waals surface area contributed by atoms with E-state index < -0.39 is 0 Å². The average molecular weight is 289 g/mol. The number of hydrogen-bond donors (Lipinski definition) is 0. The molecule has 1 atom stereocenters. The lowest BCUT2D eigenvalue weighted by atomic mass is 10.1. The third kappa shape index (κ3) is 3.52. The van der Waals surface area contributed by atoms with Gasteiger partial charge in [-0.25, -0.2) is 4.98 Å². The minimum Gasteiger partial charge on any atom is -0.383 e. The van der Waals surface area contributed by atoms with Crippen LogP contribution in [0.4, 0.5) is 5.82 Å². The molecule has 1 unspecified atom stereocenters. The zero-order chi connectivity index (χ0) is 15.2. The van der Waals surface area contributed by atoms with Crippen molar-refractivity contribution in [1.82, 2.24) is 4.98 Å². The highest BCUT2D eigenvalue weighted by atomic mass is 16.5. The predicted molar refractivity (Wildman–Crippen MR) is 81.5 cm³/mol. The van der Waals surface area contributed by atoms with E-state index in [1.807, 2.05) is 6.07 Å². The maximum absolute atomic E-state index is 9.46. The number of nitrogens with zero attached hydrogens (tertiary/aromatic N) is 3. The standard InChI is InChI=1S/C16H23N3O2/c1-12(11-21-3)19(7-8-20-2)16-14(10-17)9-13-5-4-6-15(13)18-16/h9,12H,4-8,11H2,1-3H3. The maximum Gasteiger partial charge on any atom is 0.147 e. The topological polar surface area (TPSA) is 58.4 Å². The summed E-state index contributed by atoms with van der Waals surface area (Å²) in [6.45, 7) is 3.96. The number of pyridine rings is 1. The second kappa shape index (κ2) is 7.39. The van der Waals surface area contributed by atoms with Gasteiger partial charge in [0.15, 0.2) is 0 Å². The normalized spacial score (nSPS) is 14.6. The lowest BCUT2D eigenvalue weighted by molar-refractivity contribution is 0.170. The summed E-state index contributed by atoms with van der Waals surface area (Å²) < 4.78 is 10.5. The number of anilines is 1. The van der Waals surface area contributed by atoms with Gasteiger partial charge in [0, 0.05) is 26.5 Å². The molecule has 5 heteroatoms. The number of hydrogen-bond acceptors (Lipinski definition) is 5. The Kier molecular flexibility index (Phi) is 5.54. The highest BCUT2D eigenvalue weighted by molar-refractivity contribution is 5.57.